The molecule has 0 unspecified atom stereocenters. The van der Waals surface area contributed by atoms with Gasteiger partial charge in [0.05, 0.1) is 17.5 Å². The Balaban J connectivity index is 2.31. The lowest BCUT2D eigenvalue weighted by Gasteiger charge is -1.99. The number of aliphatic hydroxyl groups is 1. The van der Waals surface area contributed by atoms with E-state index in [-0.39, 0.29) is 5.56 Å². The van der Waals surface area contributed by atoms with Crippen LogP contribution in [0.5, 0.6) is 0 Å². The number of nitrogens with one attached hydrogen (secondary N) is 2. The second kappa shape index (κ2) is 5.98. The van der Waals surface area contributed by atoms with E-state index < -0.39 is 12.5 Å². The third kappa shape index (κ3) is 2.83. The highest BCUT2D eigenvalue weighted by Crippen LogP contribution is 2.05. The lowest BCUT2D eigenvalue weighted by atomic mass is 10.3. The summed E-state index contributed by atoms with van der Waals surface area (Å²) in [7, 11) is 0. The normalized spacial score (nSPS) is 10.9. The highest BCUT2D eigenvalue weighted by atomic mass is 16.3. The van der Waals surface area contributed by atoms with Crippen molar-refractivity contribution in [2.24, 2.45) is 5.10 Å². The van der Waals surface area contributed by atoms with Crippen molar-refractivity contribution in [2.75, 3.05) is 6.61 Å². The molecular weight excluding hydrogens is 260 g/mol. The number of amides is 1. The van der Waals surface area contributed by atoms with E-state index in [0.29, 0.717) is 16.9 Å². The van der Waals surface area contributed by atoms with Crippen molar-refractivity contribution in [1.82, 2.24) is 15.2 Å². The first kappa shape index (κ1) is 13.8. The van der Waals surface area contributed by atoms with Crippen LogP contribution in [0.4, 0.5) is 0 Å². The van der Waals surface area contributed by atoms with Crippen LogP contribution in [-0.4, -0.2) is 33.6 Å². The van der Waals surface area contributed by atoms with Crippen LogP contribution >= 0.6 is 0 Å². The molecule has 0 bridgehead atoms. The van der Waals surface area contributed by atoms with Gasteiger partial charge in [0, 0.05) is 5.69 Å². The SMILES string of the molecule is Cc1[nH]n(-c2ccccc2)c(=O)c1C=NNC(=O)CO. The van der Waals surface area contributed by atoms with E-state index >= 15 is 0 Å². The van der Waals surface area contributed by atoms with E-state index in [1.165, 1.54) is 10.9 Å². The topological polar surface area (TPSA) is 99.5 Å². The summed E-state index contributed by atoms with van der Waals surface area (Å²) in [4.78, 5) is 23.0. The van der Waals surface area contributed by atoms with Gasteiger partial charge in [-0.05, 0) is 19.1 Å². The maximum absolute atomic E-state index is 12.2. The Morgan fingerprint density at radius 3 is 2.80 bits per heavy atom. The molecule has 1 heterocycles. The van der Waals surface area contributed by atoms with Crippen LogP contribution in [0.2, 0.25) is 0 Å². The lowest BCUT2D eigenvalue weighted by Crippen LogP contribution is -2.22. The molecule has 0 radical (unpaired) electrons. The summed E-state index contributed by atoms with van der Waals surface area (Å²) in [6.07, 6.45) is 1.25. The molecule has 0 spiro atoms. The average molecular weight is 274 g/mol. The van der Waals surface area contributed by atoms with Crippen LogP contribution in [0.1, 0.15) is 11.3 Å². The van der Waals surface area contributed by atoms with Gasteiger partial charge < -0.3 is 5.11 Å². The minimum atomic E-state index is -0.655. The number of aliphatic hydroxyl groups excluding tert-OH is 1. The molecule has 7 nitrogen and oxygen atoms in total. The zero-order chi connectivity index (χ0) is 14.5. The van der Waals surface area contributed by atoms with E-state index in [4.69, 9.17) is 5.11 Å². The first-order valence-corrected chi connectivity index (χ1v) is 5.93. The third-order valence-electron chi connectivity index (χ3n) is 2.66. The molecule has 0 fully saturated rings. The maximum Gasteiger partial charge on any atom is 0.280 e. The number of rotatable bonds is 4. The van der Waals surface area contributed by atoms with Crippen molar-refractivity contribution >= 4 is 12.1 Å². The predicted octanol–water partition coefficient (Wildman–Crippen LogP) is -0.0836. The monoisotopic (exact) mass is 274 g/mol. The van der Waals surface area contributed by atoms with E-state index in [2.05, 4.69) is 15.6 Å². The molecule has 0 aliphatic carbocycles. The summed E-state index contributed by atoms with van der Waals surface area (Å²) in [5.41, 5.74) is 3.51. The van der Waals surface area contributed by atoms with Crippen LogP contribution in [0, 0.1) is 6.92 Å². The van der Waals surface area contributed by atoms with Crippen LogP contribution in [-0.2, 0) is 4.79 Å². The minimum Gasteiger partial charge on any atom is -0.386 e. The molecule has 0 saturated carbocycles. The van der Waals surface area contributed by atoms with E-state index in [0.717, 1.165) is 0 Å². The number of hydrogen-bond acceptors (Lipinski definition) is 4. The first-order valence-electron chi connectivity index (χ1n) is 5.93. The highest BCUT2D eigenvalue weighted by Gasteiger charge is 2.10. The summed E-state index contributed by atoms with van der Waals surface area (Å²) in [6, 6.07) is 9.11. The van der Waals surface area contributed by atoms with Gasteiger partial charge in [0.15, 0.2) is 0 Å². The second-order valence-electron chi connectivity index (χ2n) is 4.08. The Morgan fingerprint density at radius 2 is 2.15 bits per heavy atom. The molecule has 2 rings (SSSR count). The van der Waals surface area contributed by atoms with Gasteiger partial charge in [-0.3, -0.25) is 14.7 Å². The van der Waals surface area contributed by atoms with Crippen LogP contribution < -0.4 is 11.0 Å². The molecule has 1 aromatic carbocycles. The molecule has 104 valence electrons. The van der Waals surface area contributed by atoms with Crippen molar-refractivity contribution in [3.05, 3.63) is 51.9 Å². The number of H-pyrrole nitrogens is 1. The smallest absolute Gasteiger partial charge is 0.280 e. The number of carbonyl (C=O) groups excluding carboxylic acids is 1. The Hall–Kier alpha value is -2.67. The number of hydrazone groups is 1. The Labute approximate surface area is 114 Å². The molecule has 0 aliphatic rings. The molecule has 0 aliphatic heterocycles. The molecule has 7 heteroatoms. The van der Waals surface area contributed by atoms with E-state index in [9.17, 15) is 9.59 Å². The van der Waals surface area contributed by atoms with Crippen LogP contribution in [0.15, 0.2) is 40.2 Å². The van der Waals surface area contributed by atoms with Crippen molar-refractivity contribution in [1.29, 1.82) is 0 Å². The minimum absolute atomic E-state index is 0.268. The molecule has 1 amide bonds. The number of benzene rings is 1. The van der Waals surface area contributed by atoms with Gasteiger partial charge in [0.1, 0.15) is 6.61 Å². The van der Waals surface area contributed by atoms with E-state index in [1.807, 2.05) is 18.2 Å². The molecule has 2 aromatic rings. The van der Waals surface area contributed by atoms with Crippen molar-refractivity contribution in [3.63, 3.8) is 0 Å². The Bertz CT molecular complexity index is 685. The van der Waals surface area contributed by atoms with Gasteiger partial charge in [0.2, 0.25) is 0 Å². The largest absolute Gasteiger partial charge is 0.386 e. The Kier molecular flexibility index (Phi) is 4.11. The molecule has 3 N–H and O–H groups in total. The Morgan fingerprint density at radius 1 is 1.45 bits per heavy atom. The molecular formula is C13H14N4O3. The third-order valence-corrected chi connectivity index (χ3v) is 2.66. The second-order valence-corrected chi connectivity index (χ2v) is 4.08. The van der Waals surface area contributed by atoms with Gasteiger partial charge in [-0.15, -0.1) is 0 Å². The number of carbonyl (C=O) groups is 1. The van der Waals surface area contributed by atoms with Crippen molar-refractivity contribution in [3.8, 4) is 5.69 Å². The fraction of sp³-hybridized carbons (Fsp3) is 0.154. The van der Waals surface area contributed by atoms with E-state index in [1.54, 1.807) is 19.1 Å². The van der Waals surface area contributed by atoms with Crippen molar-refractivity contribution in [2.45, 2.75) is 6.92 Å². The average Bonchev–Trinajstić information content (AvgIpc) is 2.75. The van der Waals surface area contributed by atoms with Gasteiger partial charge in [-0.2, -0.15) is 5.10 Å². The van der Waals surface area contributed by atoms with Crippen LogP contribution in [0.3, 0.4) is 0 Å². The fourth-order valence-corrected chi connectivity index (χ4v) is 1.67. The van der Waals surface area contributed by atoms with Crippen molar-refractivity contribution < 1.29 is 9.90 Å². The summed E-state index contributed by atoms with van der Waals surface area (Å²) in [5.74, 6) is -0.641. The summed E-state index contributed by atoms with van der Waals surface area (Å²) < 4.78 is 1.39. The molecule has 1 aromatic heterocycles. The molecule has 20 heavy (non-hydrogen) atoms. The fourth-order valence-electron chi connectivity index (χ4n) is 1.67. The standard InChI is InChI=1S/C13H14N4O3/c1-9-11(7-14-15-12(19)8-18)13(20)17(16-9)10-5-3-2-4-6-10/h2-7,16,18H,8H2,1H3,(H,15,19). The number of para-hydroxylation sites is 1. The number of aromatic amines is 1. The van der Waals surface area contributed by atoms with Gasteiger partial charge in [-0.25, -0.2) is 10.1 Å². The van der Waals surface area contributed by atoms with Gasteiger partial charge in [0.25, 0.3) is 11.5 Å². The summed E-state index contributed by atoms with van der Waals surface area (Å²) in [6.45, 7) is 1.08. The van der Waals surface area contributed by atoms with Gasteiger partial charge >= 0.3 is 0 Å². The number of aromatic nitrogens is 2. The number of hydrogen-bond donors (Lipinski definition) is 3. The van der Waals surface area contributed by atoms with Crippen LogP contribution in [0.25, 0.3) is 5.69 Å². The molecule has 0 saturated heterocycles. The zero-order valence-corrected chi connectivity index (χ0v) is 10.8. The number of aryl methyl sites for hydroxylation is 1. The maximum atomic E-state index is 12.2. The highest BCUT2D eigenvalue weighted by molar-refractivity contribution is 5.83. The van der Waals surface area contributed by atoms with Gasteiger partial charge in [-0.1, -0.05) is 18.2 Å². The quantitative estimate of drug-likeness (QED) is 0.537. The summed E-state index contributed by atoms with van der Waals surface area (Å²) >= 11 is 0. The zero-order valence-electron chi connectivity index (χ0n) is 10.8. The predicted molar refractivity (Wildman–Crippen MR) is 73.9 cm³/mol. The number of nitrogens with zero attached hydrogens (tertiary/aromatic N) is 2. The molecule has 0 atom stereocenters. The summed E-state index contributed by atoms with van der Waals surface area (Å²) in [5, 5.41) is 15.1. The lowest BCUT2D eigenvalue weighted by molar-refractivity contribution is -0.123. The first-order chi connectivity index (χ1) is 9.63.